The minimum Gasteiger partial charge on any atom is -0.350 e. The minimum atomic E-state index is -0.0821. The third kappa shape index (κ3) is 2.50. The maximum absolute atomic E-state index is 4.55. The van der Waals surface area contributed by atoms with Gasteiger partial charge in [-0.15, -0.1) is 0 Å². The van der Waals surface area contributed by atoms with Crippen LogP contribution in [0.3, 0.4) is 0 Å². The summed E-state index contributed by atoms with van der Waals surface area (Å²) in [4.78, 5) is 16.4. The number of fused-ring (bicyclic) bond motifs is 2. The molecule has 0 spiro atoms. The van der Waals surface area contributed by atoms with E-state index in [2.05, 4.69) is 51.1 Å². The van der Waals surface area contributed by atoms with Crippen LogP contribution in [0.2, 0.25) is 0 Å². The van der Waals surface area contributed by atoms with Crippen molar-refractivity contribution in [1.82, 2.24) is 29.5 Å². The van der Waals surface area contributed by atoms with Gasteiger partial charge in [-0.25, -0.2) is 14.5 Å². The predicted molar refractivity (Wildman–Crippen MR) is 89.2 cm³/mol. The number of rotatable bonds is 2. The molecule has 0 fully saturated rings. The molecule has 0 bridgehead atoms. The molecule has 0 aliphatic heterocycles. The normalized spacial score (nSPS) is 12.1. The Morgan fingerprint density at radius 3 is 2.87 bits per heavy atom. The van der Waals surface area contributed by atoms with Crippen molar-refractivity contribution >= 4 is 22.6 Å². The van der Waals surface area contributed by atoms with Crippen LogP contribution in [-0.4, -0.2) is 35.1 Å². The zero-order chi connectivity index (χ0) is 16.0. The summed E-state index contributed by atoms with van der Waals surface area (Å²) in [5, 5.41) is 8.43. The summed E-state index contributed by atoms with van der Waals surface area (Å²) in [7, 11) is 0. The predicted octanol–water partition coefficient (Wildman–Crippen LogP) is 2.88. The highest BCUT2D eigenvalue weighted by Gasteiger charge is 2.14. The van der Waals surface area contributed by atoms with E-state index in [4.69, 9.17) is 0 Å². The van der Waals surface area contributed by atoms with Crippen molar-refractivity contribution in [2.45, 2.75) is 26.3 Å². The molecule has 4 aromatic heterocycles. The minimum absolute atomic E-state index is 0.0821. The van der Waals surface area contributed by atoms with Crippen molar-refractivity contribution in [2.24, 2.45) is 0 Å². The van der Waals surface area contributed by atoms with E-state index in [9.17, 15) is 0 Å². The van der Waals surface area contributed by atoms with Crippen LogP contribution in [0.1, 0.15) is 20.8 Å². The summed E-state index contributed by atoms with van der Waals surface area (Å²) in [5.41, 5.74) is 3.62. The molecule has 0 aliphatic rings. The molecule has 0 aromatic carbocycles. The fourth-order valence-electron chi connectivity index (χ4n) is 2.52. The molecule has 7 heteroatoms. The molecule has 23 heavy (non-hydrogen) atoms. The number of H-pyrrole nitrogens is 1. The Labute approximate surface area is 132 Å². The number of anilines is 1. The summed E-state index contributed by atoms with van der Waals surface area (Å²) >= 11 is 0. The van der Waals surface area contributed by atoms with Crippen molar-refractivity contribution in [2.75, 3.05) is 5.32 Å². The molecule has 4 heterocycles. The second-order valence-corrected chi connectivity index (χ2v) is 6.51. The first-order valence-corrected chi connectivity index (χ1v) is 7.42. The van der Waals surface area contributed by atoms with Crippen LogP contribution in [-0.2, 0) is 0 Å². The Morgan fingerprint density at radius 1 is 1.17 bits per heavy atom. The van der Waals surface area contributed by atoms with Crippen LogP contribution in [0.5, 0.6) is 0 Å². The van der Waals surface area contributed by atoms with Crippen LogP contribution in [0.15, 0.2) is 37.1 Å². The number of aromatic nitrogens is 6. The first-order valence-electron chi connectivity index (χ1n) is 7.42. The second kappa shape index (κ2) is 4.77. The third-order valence-electron chi connectivity index (χ3n) is 3.50. The molecule has 2 N–H and O–H groups in total. The molecule has 0 unspecified atom stereocenters. The van der Waals surface area contributed by atoms with Gasteiger partial charge in [0.05, 0.1) is 0 Å². The maximum Gasteiger partial charge on any atom is 0.225 e. The van der Waals surface area contributed by atoms with E-state index < -0.39 is 0 Å². The Morgan fingerprint density at radius 2 is 2.04 bits per heavy atom. The van der Waals surface area contributed by atoms with Crippen molar-refractivity contribution in [3.05, 3.63) is 37.1 Å². The number of hydrogen-bond acceptors (Lipinski definition) is 5. The first-order chi connectivity index (χ1) is 11.0. The zero-order valence-corrected chi connectivity index (χ0v) is 13.2. The second-order valence-electron chi connectivity index (χ2n) is 6.51. The number of nitrogens with zero attached hydrogens (tertiary/aromatic N) is 5. The molecule has 4 rings (SSSR count). The Bertz CT molecular complexity index is 990. The summed E-state index contributed by atoms with van der Waals surface area (Å²) in [5.74, 6) is 0.616. The lowest BCUT2D eigenvalue weighted by molar-refractivity contribution is 0.626. The Hall–Kier alpha value is -2.96. The van der Waals surface area contributed by atoms with Crippen LogP contribution in [0.25, 0.3) is 27.8 Å². The topological polar surface area (TPSA) is 83.8 Å². The first kappa shape index (κ1) is 13.7. The van der Waals surface area contributed by atoms with Gasteiger partial charge in [-0.1, -0.05) is 0 Å². The van der Waals surface area contributed by atoms with Gasteiger partial charge < -0.3 is 10.3 Å². The number of pyridine rings is 1. The lowest BCUT2D eigenvalue weighted by atomic mass is 10.1. The highest BCUT2D eigenvalue weighted by atomic mass is 15.3. The lowest BCUT2D eigenvalue weighted by Crippen LogP contribution is -2.27. The molecule has 0 aliphatic carbocycles. The number of aromatic amines is 1. The molecule has 0 atom stereocenters. The van der Waals surface area contributed by atoms with Crippen LogP contribution in [0, 0.1) is 0 Å². The number of hydrogen-bond donors (Lipinski definition) is 2. The SMILES string of the molecule is CC(C)(C)Nc1ncc2c(-c3ccc4ncnn4c3)c[nH]c2n1. The summed E-state index contributed by atoms with van der Waals surface area (Å²) in [6.45, 7) is 6.23. The molecule has 0 amide bonds. The summed E-state index contributed by atoms with van der Waals surface area (Å²) in [6.07, 6.45) is 7.28. The monoisotopic (exact) mass is 307 g/mol. The quantitative estimate of drug-likeness (QED) is 0.595. The van der Waals surface area contributed by atoms with Gasteiger partial charge in [0.25, 0.3) is 0 Å². The van der Waals surface area contributed by atoms with Gasteiger partial charge in [0.2, 0.25) is 5.95 Å². The van der Waals surface area contributed by atoms with Crippen LogP contribution >= 0.6 is 0 Å². The summed E-state index contributed by atoms with van der Waals surface area (Å²) < 4.78 is 1.75. The van der Waals surface area contributed by atoms with E-state index in [1.54, 1.807) is 10.8 Å². The Balaban J connectivity index is 1.78. The highest BCUT2D eigenvalue weighted by molar-refractivity contribution is 5.93. The molecule has 0 saturated heterocycles. The molecule has 7 nitrogen and oxygen atoms in total. The third-order valence-corrected chi connectivity index (χ3v) is 3.50. The van der Waals surface area contributed by atoms with E-state index in [0.717, 1.165) is 27.8 Å². The van der Waals surface area contributed by atoms with E-state index in [1.807, 2.05) is 30.7 Å². The van der Waals surface area contributed by atoms with Crippen LogP contribution in [0.4, 0.5) is 5.95 Å². The van der Waals surface area contributed by atoms with Crippen molar-refractivity contribution in [1.29, 1.82) is 0 Å². The van der Waals surface area contributed by atoms with E-state index in [1.165, 1.54) is 0 Å². The van der Waals surface area contributed by atoms with Crippen LogP contribution < -0.4 is 5.32 Å². The average molecular weight is 307 g/mol. The van der Waals surface area contributed by atoms with Gasteiger partial charge in [0.1, 0.15) is 12.0 Å². The fraction of sp³-hybridized carbons (Fsp3) is 0.250. The zero-order valence-electron chi connectivity index (χ0n) is 13.2. The van der Waals surface area contributed by atoms with Gasteiger partial charge in [0.15, 0.2) is 5.65 Å². The van der Waals surface area contributed by atoms with E-state index >= 15 is 0 Å². The smallest absolute Gasteiger partial charge is 0.225 e. The van der Waals surface area contributed by atoms with Gasteiger partial charge in [0, 0.05) is 40.6 Å². The number of nitrogens with one attached hydrogen (secondary N) is 2. The molecule has 116 valence electrons. The largest absolute Gasteiger partial charge is 0.350 e. The average Bonchev–Trinajstić information content (AvgIpc) is 3.10. The van der Waals surface area contributed by atoms with E-state index in [-0.39, 0.29) is 5.54 Å². The van der Waals surface area contributed by atoms with Crippen molar-refractivity contribution < 1.29 is 0 Å². The summed E-state index contributed by atoms with van der Waals surface area (Å²) in [6, 6.07) is 3.96. The molecule has 4 aromatic rings. The molecule has 0 saturated carbocycles. The fourth-order valence-corrected chi connectivity index (χ4v) is 2.52. The van der Waals surface area contributed by atoms with Gasteiger partial charge in [-0.3, -0.25) is 0 Å². The standard InChI is InChI=1S/C16H17N7/c1-16(2,3)22-15-18-7-12-11(6-17-14(12)21-15)10-4-5-13-19-9-20-23(13)8-10/h4-9H,1-3H3,(H2,17,18,21,22). The van der Waals surface area contributed by atoms with Gasteiger partial charge in [-0.05, 0) is 32.9 Å². The highest BCUT2D eigenvalue weighted by Crippen LogP contribution is 2.28. The molecular formula is C16H17N7. The Kier molecular flexibility index (Phi) is 2.84. The van der Waals surface area contributed by atoms with Crippen molar-refractivity contribution in [3.8, 4) is 11.1 Å². The molecular weight excluding hydrogens is 290 g/mol. The van der Waals surface area contributed by atoms with Gasteiger partial charge in [-0.2, -0.15) is 10.1 Å². The van der Waals surface area contributed by atoms with Crippen molar-refractivity contribution in [3.63, 3.8) is 0 Å². The lowest BCUT2D eigenvalue weighted by Gasteiger charge is -2.20. The molecule has 0 radical (unpaired) electrons. The van der Waals surface area contributed by atoms with Gasteiger partial charge >= 0.3 is 0 Å². The maximum atomic E-state index is 4.55. The van der Waals surface area contributed by atoms with E-state index in [0.29, 0.717) is 5.95 Å².